The van der Waals surface area contributed by atoms with Gasteiger partial charge in [-0.1, -0.05) is 57.3 Å². The lowest BCUT2D eigenvalue weighted by atomic mass is 10.1. The Morgan fingerprint density at radius 1 is 1.19 bits per heavy atom. The molecular formula is C17H25ClN2O. The Kier molecular flexibility index (Phi) is 8.09. The van der Waals surface area contributed by atoms with Gasteiger partial charge in [0.2, 0.25) is 0 Å². The van der Waals surface area contributed by atoms with E-state index in [1.165, 1.54) is 12.8 Å². The molecule has 0 saturated heterocycles. The third-order valence-electron chi connectivity index (χ3n) is 3.06. The standard InChI is InChI=1S/C15H19ClN2O.C2H6/c1-2-3-4-5-14-17-13(10-15(19)18-14)11-6-8-12(16)9-7-11;1-2/h6-10,15,19H,2-5H2,1H3,(H,17,18);1-2H3. The summed E-state index contributed by atoms with van der Waals surface area (Å²) in [7, 11) is 0. The molecule has 4 heteroatoms. The van der Waals surface area contributed by atoms with Crippen LogP contribution in [0.25, 0.3) is 5.70 Å². The van der Waals surface area contributed by atoms with E-state index in [9.17, 15) is 5.11 Å². The normalized spacial score (nSPS) is 17.1. The van der Waals surface area contributed by atoms with Gasteiger partial charge in [-0.05, 0) is 30.2 Å². The summed E-state index contributed by atoms with van der Waals surface area (Å²) >= 11 is 5.88. The van der Waals surface area contributed by atoms with Crippen LogP contribution in [0.2, 0.25) is 5.02 Å². The molecule has 0 aliphatic carbocycles. The number of nitrogens with one attached hydrogen (secondary N) is 1. The van der Waals surface area contributed by atoms with E-state index in [2.05, 4.69) is 17.2 Å². The van der Waals surface area contributed by atoms with Crippen molar-refractivity contribution < 1.29 is 5.11 Å². The van der Waals surface area contributed by atoms with Gasteiger partial charge in [0.25, 0.3) is 0 Å². The molecule has 0 fully saturated rings. The molecule has 1 aromatic rings. The van der Waals surface area contributed by atoms with Gasteiger partial charge in [-0.3, -0.25) is 0 Å². The zero-order valence-electron chi connectivity index (χ0n) is 13.1. The molecule has 0 amide bonds. The van der Waals surface area contributed by atoms with Crippen LogP contribution in [0.4, 0.5) is 0 Å². The smallest absolute Gasteiger partial charge is 0.168 e. The predicted molar refractivity (Wildman–Crippen MR) is 91.5 cm³/mol. The van der Waals surface area contributed by atoms with Crippen LogP contribution >= 0.6 is 11.6 Å². The Labute approximate surface area is 132 Å². The molecular weight excluding hydrogens is 284 g/mol. The highest BCUT2D eigenvalue weighted by atomic mass is 35.5. The SMILES string of the molecule is CC.CCCCCC1=NC(O)C=C(c2ccc(Cl)cc2)N1. The van der Waals surface area contributed by atoms with E-state index in [1.807, 2.05) is 38.1 Å². The molecule has 0 aromatic heterocycles. The van der Waals surface area contributed by atoms with E-state index >= 15 is 0 Å². The minimum absolute atomic E-state index is 0.706. The first-order valence-electron chi connectivity index (χ1n) is 7.68. The van der Waals surface area contributed by atoms with E-state index in [0.29, 0.717) is 5.02 Å². The second kappa shape index (κ2) is 9.59. The Morgan fingerprint density at radius 3 is 2.48 bits per heavy atom. The summed E-state index contributed by atoms with van der Waals surface area (Å²) < 4.78 is 0. The predicted octanol–water partition coefficient (Wildman–Crippen LogP) is 4.61. The van der Waals surface area contributed by atoms with Crippen molar-refractivity contribution in [2.75, 3.05) is 0 Å². The molecule has 1 atom stereocenters. The summed E-state index contributed by atoms with van der Waals surface area (Å²) in [6.07, 6.45) is 5.27. The van der Waals surface area contributed by atoms with Gasteiger partial charge in [0, 0.05) is 17.1 Å². The van der Waals surface area contributed by atoms with E-state index in [0.717, 1.165) is 29.9 Å². The number of benzene rings is 1. The van der Waals surface area contributed by atoms with Crippen LogP contribution in [0, 0.1) is 0 Å². The lowest BCUT2D eigenvalue weighted by molar-refractivity contribution is 0.232. The fourth-order valence-corrected chi connectivity index (χ4v) is 2.17. The Morgan fingerprint density at radius 2 is 1.86 bits per heavy atom. The summed E-state index contributed by atoms with van der Waals surface area (Å²) in [5, 5.41) is 13.8. The van der Waals surface area contributed by atoms with Crippen molar-refractivity contribution in [2.24, 2.45) is 4.99 Å². The van der Waals surface area contributed by atoms with Crippen molar-refractivity contribution in [1.29, 1.82) is 0 Å². The summed E-state index contributed by atoms with van der Waals surface area (Å²) in [5.41, 5.74) is 1.90. The molecule has 1 unspecified atom stereocenters. The van der Waals surface area contributed by atoms with Gasteiger partial charge < -0.3 is 10.4 Å². The summed E-state index contributed by atoms with van der Waals surface area (Å²) in [4.78, 5) is 4.21. The van der Waals surface area contributed by atoms with Crippen molar-refractivity contribution in [3.05, 3.63) is 40.9 Å². The van der Waals surface area contributed by atoms with Crippen molar-refractivity contribution in [3.8, 4) is 0 Å². The van der Waals surface area contributed by atoms with Crippen LogP contribution < -0.4 is 5.32 Å². The zero-order chi connectivity index (χ0) is 15.7. The lowest BCUT2D eigenvalue weighted by Crippen LogP contribution is -2.28. The topological polar surface area (TPSA) is 44.6 Å². The zero-order valence-corrected chi connectivity index (χ0v) is 13.8. The van der Waals surface area contributed by atoms with Gasteiger partial charge in [-0.2, -0.15) is 0 Å². The number of amidine groups is 1. The van der Waals surface area contributed by atoms with Gasteiger partial charge in [-0.15, -0.1) is 0 Å². The van der Waals surface area contributed by atoms with E-state index in [1.54, 1.807) is 6.08 Å². The van der Waals surface area contributed by atoms with E-state index in [-0.39, 0.29) is 0 Å². The van der Waals surface area contributed by atoms with Crippen molar-refractivity contribution in [3.63, 3.8) is 0 Å². The first kappa shape index (κ1) is 17.7. The number of aliphatic hydroxyl groups excluding tert-OH is 1. The summed E-state index contributed by atoms with van der Waals surface area (Å²) in [5.74, 6) is 0.855. The Bertz CT molecular complexity index is 480. The van der Waals surface area contributed by atoms with Crippen LogP contribution in [0.5, 0.6) is 0 Å². The van der Waals surface area contributed by atoms with Crippen LogP contribution in [-0.4, -0.2) is 17.2 Å². The highest BCUT2D eigenvalue weighted by molar-refractivity contribution is 6.30. The number of aliphatic hydroxyl groups is 1. The maximum absolute atomic E-state index is 9.79. The van der Waals surface area contributed by atoms with Crippen molar-refractivity contribution in [1.82, 2.24) is 5.32 Å². The molecule has 0 spiro atoms. The quantitative estimate of drug-likeness (QED) is 0.780. The number of hydrogen-bond acceptors (Lipinski definition) is 3. The third-order valence-corrected chi connectivity index (χ3v) is 3.31. The van der Waals surface area contributed by atoms with Crippen molar-refractivity contribution in [2.45, 2.75) is 52.7 Å². The molecule has 0 radical (unpaired) electrons. The van der Waals surface area contributed by atoms with Crippen LogP contribution in [0.1, 0.15) is 52.0 Å². The number of unbranched alkanes of at least 4 members (excludes halogenated alkanes) is 2. The third kappa shape index (κ3) is 5.90. The first-order valence-corrected chi connectivity index (χ1v) is 8.06. The molecule has 1 aromatic carbocycles. The molecule has 1 aliphatic heterocycles. The lowest BCUT2D eigenvalue weighted by Gasteiger charge is -2.20. The van der Waals surface area contributed by atoms with Crippen LogP contribution in [0.15, 0.2) is 35.3 Å². The number of nitrogens with zero attached hydrogens (tertiary/aromatic N) is 1. The second-order valence-corrected chi connectivity index (χ2v) is 5.10. The van der Waals surface area contributed by atoms with Gasteiger partial charge in [0.15, 0.2) is 6.23 Å². The van der Waals surface area contributed by atoms with Crippen LogP contribution in [-0.2, 0) is 0 Å². The molecule has 2 rings (SSSR count). The van der Waals surface area contributed by atoms with Gasteiger partial charge in [0.1, 0.15) is 5.84 Å². The number of rotatable bonds is 5. The number of halogens is 1. The minimum Gasteiger partial charge on any atom is -0.368 e. The minimum atomic E-state index is -0.761. The molecule has 1 heterocycles. The molecule has 21 heavy (non-hydrogen) atoms. The Hall–Kier alpha value is -1.32. The van der Waals surface area contributed by atoms with Gasteiger partial charge >= 0.3 is 0 Å². The average Bonchev–Trinajstić information content (AvgIpc) is 2.50. The average molecular weight is 309 g/mol. The number of hydrogen-bond donors (Lipinski definition) is 2. The van der Waals surface area contributed by atoms with Crippen molar-refractivity contribution >= 4 is 23.1 Å². The van der Waals surface area contributed by atoms with Gasteiger partial charge in [-0.25, -0.2) is 4.99 Å². The van der Waals surface area contributed by atoms with E-state index in [4.69, 9.17) is 11.6 Å². The highest BCUT2D eigenvalue weighted by Gasteiger charge is 2.14. The largest absolute Gasteiger partial charge is 0.368 e. The highest BCUT2D eigenvalue weighted by Crippen LogP contribution is 2.19. The van der Waals surface area contributed by atoms with Crippen LogP contribution in [0.3, 0.4) is 0 Å². The van der Waals surface area contributed by atoms with E-state index < -0.39 is 6.23 Å². The molecule has 0 saturated carbocycles. The number of aliphatic imine (C=N–C) groups is 1. The first-order chi connectivity index (χ1) is 10.2. The van der Waals surface area contributed by atoms with Gasteiger partial charge in [0.05, 0.1) is 0 Å². The summed E-state index contributed by atoms with van der Waals surface area (Å²) in [6.45, 7) is 6.17. The summed E-state index contributed by atoms with van der Waals surface area (Å²) in [6, 6.07) is 7.55. The molecule has 2 N–H and O–H groups in total. The monoisotopic (exact) mass is 308 g/mol. The maximum Gasteiger partial charge on any atom is 0.168 e. The fraction of sp³-hybridized carbons (Fsp3) is 0.471. The molecule has 0 bridgehead atoms. The molecule has 1 aliphatic rings. The maximum atomic E-state index is 9.79. The second-order valence-electron chi connectivity index (χ2n) is 4.66. The Balaban J connectivity index is 0.00000106. The fourth-order valence-electron chi connectivity index (χ4n) is 2.04. The molecule has 3 nitrogen and oxygen atoms in total. The molecule has 116 valence electrons.